The van der Waals surface area contributed by atoms with Gasteiger partial charge < -0.3 is 5.32 Å². The fourth-order valence-corrected chi connectivity index (χ4v) is 3.23. The first-order chi connectivity index (χ1) is 8.83. The molecule has 2 aliphatic rings. The second-order valence-electron chi connectivity index (χ2n) is 5.89. The van der Waals surface area contributed by atoms with Crippen LogP contribution in [-0.2, 0) is 0 Å². The summed E-state index contributed by atoms with van der Waals surface area (Å²) in [5.74, 6) is 1.16. The molecule has 0 aliphatic heterocycles. The van der Waals surface area contributed by atoms with Crippen molar-refractivity contribution >= 4 is 0 Å². The van der Waals surface area contributed by atoms with Gasteiger partial charge >= 0.3 is 0 Å². The zero-order valence-electron chi connectivity index (χ0n) is 10.9. The van der Waals surface area contributed by atoms with Crippen molar-refractivity contribution < 1.29 is 4.39 Å². The molecule has 2 fully saturated rings. The van der Waals surface area contributed by atoms with Gasteiger partial charge in [0.25, 0.3) is 0 Å². The summed E-state index contributed by atoms with van der Waals surface area (Å²) < 4.78 is 13.4. The van der Waals surface area contributed by atoms with E-state index in [1.54, 1.807) is 12.1 Å². The van der Waals surface area contributed by atoms with Gasteiger partial charge in [-0.3, -0.25) is 0 Å². The molecule has 1 nitrogen and oxygen atoms in total. The lowest BCUT2D eigenvalue weighted by molar-refractivity contribution is 0.294. The second kappa shape index (κ2) is 5.40. The number of hydrogen-bond acceptors (Lipinski definition) is 1. The van der Waals surface area contributed by atoms with Crippen LogP contribution in [0.2, 0.25) is 0 Å². The van der Waals surface area contributed by atoms with E-state index in [4.69, 9.17) is 0 Å². The molecule has 2 heteroatoms. The highest BCUT2D eigenvalue weighted by atomic mass is 19.1. The highest BCUT2D eigenvalue weighted by Gasteiger charge is 2.29. The van der Waals surface area contributed by atoms with E-state index in [2.05, 4.69) is 11.4 Å². The molecule has 0 aromatic heterocycles. The topological polar surface area (TPSA) is 12.0 Å². The van der Waals surface area contributed by atoms with E-state index in [0.717, 1.165) is 12.6 Å². The van der Waals surface area contributed by atoms with Gasteiger partial charge in [0.2, 0.25) is 0 Å². The maximum absolute atomic E-state index is 13.4. The van der Waals surface area contributed by atoms with E-state index in [9.17, 15) is 4.39 Å². The van der Waals surface area contributed by atoms with Crippen molar-refractivity contribution in [1.29, 1.82) is 0 Å². The Labute approximate surface area is 109 Å². The normalized spacial score (nSPS) is 28.3. The number of hydrogen-bond donors (Lipinski definition) is 1. The lowest BCUT2D eigenvalue weighted by Crippen LogP contribution is -2.30. The molecule has 1 aromatic rings. The first-order valence-corrected chi connectivity index (χ1v) is 7.32. The SMILES string of the molecule is Fc1cccc(C2CCCCC2CNC2CC2)c1. The van der Waals surface area contributed by atoms with Gasteiger partial charge in [-0.05, 0) is 61.8 Å². The third kappa shape index (κ3) is 2.92. The lowest BCUT2D eigenvalue weighted by Gasteiger charge is -2.32. The lowest BCUT2D eigenvalue weighted by atomic mass is 9.75. The third-order valence-corrected chi connectivity index (χ3v) is 4.43. The Hall–Kier alpha value is -0.890. The van der Waals surface area contributed by atoms with E-state index in [1.165, 1.54) is 44.1 Å². The van der Waals surface area contributed by atoms with Crippen molar-refractivity contribution in [3.63, 3.8) is 0 Å². The summed E-state index contributed by atoms with van der Waals surface area (Å²) in [7, 11) is 0. The second-order valence-corrected chi connectivity index (χ2v) is 5.89. The van der Waals surface area contributed by atoms with Crippen LogP contribution in [0.1, 0.15) is 50.0 Å². The molecule has 1 N–H and O–H groups in total. The Morgan fingerprint density at radius 3 is 2.72 bits per heavy atom. The third-order valence-electron chi connectivity index (χ3n) is 4.43. The number of halogens is 1. The van der Waals surface area contributed by atoms with Crippen molar-refractivity contribution in [2.75, 3.05) is 6.54 Å². The Morgan fingerprint density at radius 1 is 1.11 bits per heavy atom. The Morgan fingerprint density at radius 2 is 1.94 bits per heavy atom. The molecule has 0 heterocycles. The average molecular weight is 247 g/mol. The fourth-order valence-electron chi connectivity index (χ4n) is 3.23. The molecule has 2 saturated carbocycles. The molecule has 2 atom stereocenters. The van der Waals surface area contributed by atoms with Gasteiger partial charge in [0.15, 0.2) is 0 Å². The molecule has 2 aliphatic carbocycles. The van der Waals surface area contributed by atoms with Gasteiger partial charge in [-0.15, -0.1) is 0 Å². The summed E-state index contributed by atoms with van der Waals surface area (Å²) in [5.41, 5.74) is 1.21. The standard InChI is InChI=1S/C16H22FN/c17-14-6-3-5-12(10-14)16-7-2-1-4-13(16)11-18-15-8-9-15/h3,5-6,10,13,15-16,18H,1-2,4,7-9,11H2. The van der Waals surface area contributed by atoms with Crippen LogP contribution in [0.3, 0.4) is 0 Å². The van der Waals surface area contributed by atoms with Crippen LogP contribution >= 0.6 is 0 Å². The minimum atomic E-state index is -0.0908. The molecule has 3 rings (SSSR count). The van der Waals surface area contributed by atoms with Crippen LogP contribution < -0.4 is 5.32 Å². The summed E-state index contributed by atoms with van der Waals surface area (Å²) in [6.45, 7) is 1.12. The first-order valence-electron chi connectivity index (χ1n) is 7.32. The van der Waals surface area contributed by atoms with E-state index < -0.39 is 0 Å². The minimum absolute atomic E-state index is 0.0908. The number of benzene rings is 1. The van der Waals surface area contributed by atoms with Crippen molar-refractivity contribution in [2.45, 2.75) is 50.5 Å². The fraction of sp³-hybridized carbons (Fsp3) is 0.625. The van der Waals surface area contributed by atoms with Crippen LogP contribution in [0, 0.1) is 11.7 Å². The van der Waals surface area contributed by atoms with Crippen molar-refractivity contribution in [2.24, 2.45) is 5.92 Å². The number of rotatable bonds is 4. The predicted molar refractivity (Wildman–Crippen MR) is 72.1 cm³/mol. The first kappa shape index (κ1) is 12.2. The van der Waals surface area contributed by atoms with Gasteiger partial charge in [0.1, 0.15) is 5.82 Å². The van der Waals surface area contributed by atoms with E-state index in [1.807, 2.05) is 6.07 Å². The minimum Gasteiger partial charge on any atom is -0.314 e. The summed E-state index contributed by atoms with van der Waals surface area (Å²) in [6, 6.07) is 8.01. The Kier molecular flexibility index (Phi) is 3.64. The zero-order valence-corrected chi connectivity index (χ0v) is 10.9. The highest BCUT2D eigenvalue weighted by molar-refractivity contribution is 5.22. The van der Waals surface area contributed by atoms with E-state index in [0.29, 0.717) is 11.8 Å². The summed E-state index contributed by atoms with van der Waals surface area (Å²) >= 11 is 0. The van der Waals surface area contributed by atoms with Gasteiger partial charge in [0, 0.05) is 6.04 Å². The Balaban J connectivity index is 1.69. The van der Waals surface area contributed by atoms with E-state index >= 15 is 0 Å². The summed E-state index contributed by atoms with van der Waals surface area (Å²) in [5, 5.41) is 3.65. The highest BCUT2D eigenvalue weighted by Crippen LogP contribution is 2.38. The monoisotopic (exact) mass is 247 g/mol. The maximum Gasteiger partial charge on any atom is 0.123 e. The van der Waals surface area contributed by atoms with Gasteiger partial charge in [-0.1, -0.05) is 25.0 Å². The maximum atomic E-state index is 13.4. The molecular weight excluding hydrogens is 225 g/mol. The van der Waals surface area contributed by atoms with Gasteiger partial charge in [-0.25, -0.2) is 4.39 Å². The average Bonchev–Trinajstić information content (AvgIpc) is 3.21. The molecular formula is C16H22FN. The molecule has 0 radical (unpaired) electrons. The molecule has 0 bridgehead atoms. The molecule has 0 amide bonds. The summed E-state index contributed by atoms with van der Waals surface area (Å²) in [6.07, 6.45) is 7.83. The molecule has 1 aromatic carbocycles. The van der Waals surface area contributed by atoms with Gasteiger partial charge in [-0.2, -0.15) is 0 Å². The van der Waals surface area contributed by atoms with Crippen molar-refractivity contribution in [1.82, 2.24) is 5.32 Å². The zero-order chi connectivity index (χ0) is 12.4. The molecule has 2 unspecified atom stereocenters. The number of nitrogens with one attached hydrogen (secondary N) is 1. The quantitative estimate of drug-likeness (QED) is 0.852. The van der Waals surface area contributed by atoms with Crippen molar-refractivity contribution in [3.8, 4) is 0 Å². The van der Waals surface area contributed by atoms with Crippen LogP contribution in [0.15, 0.2) is 24.3 Å². The Bertz CT molecular complexity index is 400. The molecule has 98 valence electrons. The molecule has 0 spiro atoms. The molecule has 0 saturated heterocycles. The van der Waals surface area contributed by atoms with Crippen LogP contribution in [0.5, 0.6) is 0 Å². The molecule has 18 heavy (non-hydrogen) atoms. The largest absolute Gasteiger partial charge is 0.314 e. The summed E-state index contributed by atoms with van der Waals surface area (Å²) in [4.78, 5) is 0. The van der Waals surface area contributed by atoms with E-state index in [-0.39, 0.29) is 5.82 Å². The van der Waals surface area contributed by atoms with Gasteiger partial charge in [0.05, 0.1) is 0 Å². The van der Waals surface area contributed by atoms with Crippen LogP contribution in [-0.4, -0.2) is 12.6 Å². The van der Waals surface area contributed by atoms with Crippen molar-refractivity contribution in [3.05, 3.63) is 35.6 Å². The predicted octanol–water partition coefficient (Wildman–Crippen LogP) is 3.85. The smallest absolute Gasteiger partial charge is 0.123 e. The van der Waals surface area contributed by atoms with Crippen LogP contribution in [0.25, 0.3) is 0 Å². The van der Waals surface area contributed by atoms with Crippen LogP contribution in [0.4, 0.5) is 4.39 Å².